The highest BCUT2D eigenvalue weighted by molar-refractivity contribution is 6.33. The number of nitrogens with zero attached hydrogens (tertiary/aromatic N) is 1. The van der Waals surface area contributed by atoms with Crippen LogP contribution < -0.4 is 5.32 Å². The minimum Gasteiger partial charge on any atom is -0.465 e. The molecule has 0 atom stereocenters. The van der Waals surface area contributed by atoms with Gasteiger partial charge in [0.1, 0.15) is 5.82 Å². The standard InChI is InChI=1S/C9H11ClN2O2/c1-3-11-8-7(10)4-6(5-12-8)9(13)14-2/h4-5H,3H2,1-2H3,(H,11,12). The summed E-state index contributed by atoms with van der Waals surface area (Å²) >= 11 is 5.88. The van der Waals surface area contributed by atoms with Gasteiger partial charge in [0.2, 0.25) is 0 Å². The van der Waals surface area contributed by atoms with Crippen LogP contribution in [0.1, 0.15) is 17.3 Å². The van der Waals surface area contributed by atoms with Crippen molar-refractivity contribution in [1.29, 1.82) is 0 Å². The van der Waals surface area contributed by atoms with Gasteiger partial charge in [-0.3, -0.25) is 0 Å². The molecule has 0 aliphatic rings. The Morgan fingerprint density at radius 3 is 2.93 bits per heavy atom. The second-order valence-electron chi connectivity index (χ2n) is 2.58. The lowest BCUT2D eigenvalue weighted by Gasteiger charge is -2.05. The summed E-state index contributed by atoms with van der Waals surface area (Å²) in [5.74, 6) is 0.129. The fourth-order valence-corrected chi connectivity index (χ4v) is 1.20. The number of hydrogen-bond donors (Lipinski definition) is 1. The molecule has 76 valence electrons. The van der Waals surface area contributed by atoms with Gasteiger partial charge in [-0.05, 0) is 13.0 Å². The first kappa shape index (κ1) is 10.8. The highest BCUT2D eigenvalue weighted by Crippen LogP contribution is 2.19. The van der Waals surface area contributed by atoms with E-state index >= 15 is 0 Å². The molecule has 0 fully saturated rings. The molecule has 1 rings (SSSR count). The van der Waals surface area contributed by atoms with Crippen LogP contribution in [0.3, 0.4) is 0 Å². The number of carbonyl (C=O) groups excluding carboxylic acids is 1. The van der Waals surface area contributed by atoms with Crippen LogP contribution in [0.25, 0.3) is 0 Å². The van der Waals surface area contributed by atoms with Crippen LogP contribution >= 0.6 is 11.6 Å². The van der Waals surface area contributed by atoms with E-state index in [0.29, 0.717) is 16.4 Å². The topological polar surface area (TPSA) is 51.2 Å². The molecule has 0 aromatic carbocycles. The Morgan fingerprint density at radius 1 is 1.71 bits per heavy atom. The van der Waals surface area contributed by atoms with Crippen molar-refractivity contribution < 1.29 is 9.53 Å². The van der Waals surface area contributed by atoms with Crippen LogP contribution in [0.4, 0.5) is 5.82 Å². The van der Waals surface area contributed by atoms with Crippen molar-refractivity contribution in [3.8, 4) is 0 Å². The predicted octanol–water partition coefficient (Wildman–Crippen LogP) is 1.95. The zero-order valence-corrected chi connectivity index (χ0v) is 8.76. The highest BCUT2D eigenvalue weighted by atomic mass is 35.5. The molecular formula is C9H11ClN2O2. The summed E-state index contributed by atoms with van der Waals surface area (Å²) in [5, 5.41) is 3.38. The summed E-state index contributed by atoms with van der Waals surface area (Å²) in [4.78, 5) is 15.1. The molecule has 0 saturated heterocycles. The number of hydrogen-bond acceptors (Lipinski definition) is 4. The molecule has 1 aromatic rings. The van der Waals surface area contributed by atoms with Crippen LogP contribution in [0.15, 0.2) is 12.3 Å². The van der Waals surface area contributed by atoms with Crippen molar-refractivity contribution in [3.05, 3.63) is 22.8 Å². The average molecular weight is 215 g/mol. The average Bonchev–Trinajstić information content (AvgIpc) is 2.20. The summed E-state index contributed by atoms with van der Waals surface area (Å²) in [5.41, 5.74) is 0.346. The maximum absolute atomic E-state index is 11.1. The van der Waals surface area contributed by atoms with E-state index in [0.717, 1.165) is 6.54 Å². The number of pyridine rings is 1. The van der Waals surface area contributed by atoms with E-state index in [2.05, 4.69) is 15.0 Å². The maximum Gasteiger partial charge on any atom is 0.339 e. The number of esters is 1. The number of anilines is 1. The van der Waals surface area contributed by atoms with Crippen molar-refractivity contribution in [2.75, 3.05) is 19.0 Å². The van der Waals surface area contributed by atoms with Crippen LogP contribution in [0.2, 0.25) is 5.02 Å². The van der Waals surface area contributed by atoms with Gasteiger partial charge < -0.3 is 10.1 Å². The molecule has 0 saturated carbocycles. The summed E-state index contributed by atoms with van der Waals surface area (Å²) in [6.07, 6.45) is 1.43. The Bertz CT molecular complexity index is 342. The van der Waals surface area contributed by atoms with E-state index in [4.69, 9.17) is 11.6 Å². The first-order valence-electron chi connectivity index (χ1n) is 4.16. The third kappa shape index (κ3) is 2.35. The van der Waals surface area contributed by atoms with Crippen LogP contribution in [-0.2, 0) is 4.74 Å². The molecule has 1 aromatic heterocycles. The van der Waals surface area contributed by atoms with Crippen molar-refractivity contribution in [2.24, 2.45) is 0 Å². The number of methoxy groups -OCH3 is 1. The Morgan fingerprint density at radius 2 is 2.43 bits per heavy atom. The van der Waals surface area contributed by atoms with E-state index < -0.39 is 5.97 Å². The molecule has 0 aliphatic heterocycles. The molecule has 0 unspecified atom stereocenters. The van der Waals surface area contributed by atoms with Gasteiger partial charge in [0.05, 0.1) is 17.7 Å². The fraction of sp³-hybridized carbons (Fsp3) is 0.333. The third-order valence-corrected chi connectivity index (χ3v) is 1.89. The SMILES string of the molecule is CCNc1ncc(C(=O)OC)cc1Cl. The number of nitrogens with one attached hydrogen (secondary N) is 1. The van der Waals surface area contributed by atoms with Gasteiger partial charge in [-0.1, -0.05) is 11.6 Å². The fourth-order valence-electron chi connectivity index (χ4n) is 0.965. The van der Waals surface area contributed by atoms with E-state index in [9.17, 15) is 4.79 Å². The molecule has 1 heterocycles. The minimum absolute atomic E-state index is 0.346. The Labute approximate surface area is 87.2 Å². The zero-order valence-electron chi connectivity index (χ0n) is 8.00. The van der Waals surface area contributed by atoms with E-state index in [-0.39, 0.29) is 0 Å². The van der Waals surface area contributed by atoms with E-state index in [1.807, 2.05) is 6.92 Å². The lowest BCUT2D eigenvalue weighted by Crippen LogP contribution is -2.05. The second-order valence-corrected chi connectivity index (χ2v) is 2.98. The number of ether oxygens (including phenoxy) is 1. The van der Waals surface area contributed by atoms with Gasteiger partial charge in [0.25, 0.3) is 0 Å². The Kier molecular flexibility index (Phi) is 3.71. The molecular weight excluding hydrogens is 204 g/mol. The number of rotatable bonds is 3. The van der Waals surface area contributed by atoms with Crippen LogP contribution in [-0.4, -0.2) is 24.6 Å². The minimum atomic E-state index is -0.442. The molecule has 0 spiro atoms. The summed E-state index contributed by atoms with van der Waals surface area (Å²) in [6.45, 7) is 2.66. The summed E-state index contributed by atoms with van der Waals surface area (Å²) in [6, 6.07) is 1.53. The summed E-state index contributed by atoms with van der Waals surface area (Å²) in [7, 11) is 1.31. The van der Waals surface area contributed by atoms with Gasteiger partial charge in [0.15, 0.2) is 0 Å². The largest absolute Gasteiger partial charge is 0.465 e. The van der Waals surface area contributed by atoms with Gasteiger partial charge in [-0.25, -0.2) is 9.78 Å². The quantitative estimate of drug-likeness (QED) is 0.782. The summed E-state index contributed by atoms with van der Waals surface area (Å²) < 4.78 is 4.53. The Hall–Kier alpha value is -1.29. The molecule has 5 heteroatoms. The van der Waals surface area contributed by atoms with E-state index in [1.165, 1.54) is 19.4 Å². The number of aromatic nitrogens is 1. The smallest absolute Gasteiger partial charge is 0.339 e. The number of carbonyl (C=O) groups is 1. The zero-order chi connectivity index (χ0) is 10.6. The lowest BCUT2D eigenvalue weighted by atomic mass is 10.3. The van der Waals surface area contributed by atoms with Crippen LogP contribution in [0, 0.1) is 0 Å². The maximum atomic E-state index is 11.1. The van der Waals surface area contributed by atoms with Crippen molar-refractivity contribution in [1.82, 2.24) is 4.98 Å². The number of halogens is 1. The van der Waals surface area contributed by atoms with Crippen molar-refractivity contribution in [3.63, 3.8) is 0 Å². The second kappa shape index (κ2) is 4.81. The van der Waals surface area contributed by atoms with Crippen molar-refractivity contribution >= 4 is 23.4 Å². The highest BCUT2D eigenvalue weighted by Gasteiger charge is 2.08. The molecule has 1 N–H and O–H groups in total. The van der Waals surface area contributed by atoms with E-state index in [1.54, 1.807) is 0 Å². The molecule has 4 nitrogen and oxygen atoms in total. The Balaban J connectivity index is 2.94. The first-order valence-corrected chi connectivity index (χ1v) is 4.54. The van der Waals surface area contributed by atoms with Crippen LogP contribution in [0.5, 0.6) is 0 Å². The first-order chi connectivity index (χ1) is 6.69. The van der Waals surface area contributed by atoms with Gasteiger partial charge in [-0.15, -0.1) is 0 Å². The monoisotopic (exact) mass is 214 g/mol. The molecule has 0 aliphatic carbocycles. The molecule has 0 radical (unpaired) electrons. The van der Waals surface area contributed by atoms with Crippen molar-refractivity contribution in [2.45, 2.75) is 6.92 Å². The third-order valence-electron chi connectivity index (χ3n) is 1.61. The van der Waals surface area contributed by atoms with Gasteiger partial charge in [-0.2, -0.15) is 0 Å². The van der Waals surface area contributed by atoms with Gasteiger partial charge >= 0.3 is 5.97 Å². The van der Waals surface area contributed by atoms with Gasteiger partial charge in [0, 0.05) is 12.7 Å². The molecule has 0 amide bonds. The molecule has 0 bridgehead atoms. The normalized spacial score (nSPS) is 9.64. The lowest BCUT2D eigenvalue weighted by molar-refractivity contribution is 0.0600. The predicted molar refractivity (Wildman–Crippen MR) is 54.8 cm³/mol. The molecule has 14 heavy (non-hydrogen) atoms.